The molecule has 0 unspecified atom stereocenters. The van der Waals surface area contributed by atoms with Crippen molar-refractivity contribution in [2.45, 2.75) is 64.8 Å². The first-order chi connectivity index (χ1) is 9.31. The number of ether oxygens (including phenoxy) is 1. The Kier molecular flexibility index (Phi) is 5.43. The minimum atomic E-state index is 0.563. The highest BCUT2D eigenvalue weighted by molar-refractivity contribution is 5.39. The molecule has 4 heteroatoms. The van der Waals surface area contributed by atoms with E-state index in [4.69, 9.17) is 4.74 Å². The normalized spacial score (nSPS) is 16.3. The average molecular weight is 263 g/mol. The molecule has 0 bridgehead atoms. The Hall–Kier alpha value is -1.32. The van der Waals surface area contributed by atoms with Crippen LogP contribution in [0.3, 0.4) is 0 Å². The lowest BCUT2D eigenvalue weighted by Gasteiger charge is -2.23. The van der Waals surface area contributed by atoms with Gasteiger partial charge in [0.25, 0.3) is 0 Å². The molecule has 0 radical (unpaired) electrons. The summed E-state index contributed by atoms with van der Waals surface area (Å²) in [5, 5.41) is 3.55. The van der Waals surface area contributed by atoms with Crippen LogP contribution in [-0.4, -0.2) is 22.6 Å². The summed E-state index contributed by atoms with van der Waals surface area (Å²) >= 11 is 0. The van der Waals surface area contributed by atoms with Gasteiger partial charge in [-0.3, -0.25) is 0 Å². The van der Waals surface area contributed by atoms with E-state index < -0.39 is 0 Å². The molecule has 0 aromatic carbocycles. The van der Waals surface area contributed by atoms with E-state index in [1.165, 1.54) is 32.1 Å². The molecule has 2 rings (SSSR count). The van der Waals surface area contributed by atoms with E-state index in [0.29, 0.717) is 18.5 Å². The van der Waals surface area contributed by atoms with Crippen molar-refractivity contribution in [2.24, 2.45) is 0 Å². The van der Waals surface area contributed by atoms with Crippen LogP contribution in [0.1, 0.15) is 58.2 Å². The highest BCUT2D eigenvalue weighted by atomic mass is 16.5. The second-order valence-electron chi connectivity index (χ2n) is 5.17. The molecule has 0 aliphatic heterocycles. The van der Waals surface area contributed by atoms with E-state index in [0.717, 1.165) is 24.5 Å². The Morgan fingerprint density at radius 1 is 1.21 bits per heavy atom. The summed E-state index contributed by atoms with van der Waals surface area (Å²) in [6, 6.07) is 2.49. The maximum atomic E-state index is 5.53. The van der Waals surface area contributed by atoms with Crippen molar-refractivity contribution in [2.75, 3.05) is 11.9 Å². The van der Waals surface area contributed by atoms with E-state index in [1.54, 1.807) is 0 Å². The largest absolute Gasteiger partial charge is 0.478 e. The molecule has 0 saturated heterocycles. The lowest BCUT2D eigenvalue weighted by atomic mass is 9.95. The van der Waals surface area contributed by atoms with Crippen LogP contribution in [0.15, 0.2) is 6.07 Å². The Morgan fingerprint density at radius 2 is 2.00 bits per heavy atom. The van der Waals surface area contributed by atoms with Crippen LogP contribution in [-0.2, 0) is 6.42 Å². The summed E-state index contributed by atoms with van der Waals surface area (Å²) in [6.07, 6.45) is 8.46. The van der Waals surface area contributed by atoms with Crippen LogP contribution in [0.4, 0.5) is 5.82 Å². The maximum Gasteiger partial charge on any atom is 0.218 e. The average Bonchev–Trinajstić information content (AvgIpc) is 2.40. The predicted octanol–water partition coefficient (Wildman–Crippen LogP) is 3.57. The van der Waals surface area contributed by atoms with Gasteiger partial charge in [-0.25, -0.2) is 4.98 Å². The summed E-state index contributed by atoms with van der Waals surface area (Å²) in [5.74, 6) is 2.50. The zero-order chi connectivity index (χ0) is 13.5. The lowest BCUT2D eigenvalue weighted by Crippen LogP contribution is -2.23. The Labute approximate surface area is 116 Å². The first-order valence-electron chi connectivity index (χ1n) is 7.59. The van der Waals surface area contributed by atoms with Crippen LogP contribution in [0.25, 0.3) is 0 Å². The Bertz CT molecular complexity index is 365. The number of rotatable bonds is 6. The number of aryl methyl sites for hydroxylation is 1. The van der Waals surface area contributed by atoms with Gasteiger partial charge in [0.2, 0.25) is 5.88 Å². The van der Waals surface area contributed by atoms with Gasteiger partial charge in [0.05, 0.1) is 6.61 Å². The Morgan fingerprint density at radius 3 is 2.68 bits per heavy atom. The van der Waals surface area contributed by atoms with Crippen molar-refractivity contribution in [3.05, 3.63) is 11.9 Å². The molecule has 4 nitrogen and oxygen atoms in total. The molecule has 1 N–H and O–H groups in total. The van der Waals surface area contributed by atoms with Gasteiger partial charge in [-0.15, -0.1) is 0 Å². The van der Waals surface area contributed by atoms with E-state index >= 15 is 0 Å². The fourth-order valence-corrected chi connectivity index (χ4v) is 2.56. The summed E-state index contributed by atoms with van der Waals surface area (Å²) in [5.41, 5.74) is 0. The Balaban J connectivity index is 2.08. The molecular weight excluding hydrogens is 238 g/mol. The van der Waals surface area contributed by atoms with Gasteiger partial charge in [0.15, 0.2) is 0 Å². The minimum absolute atomic E-state index is 0.563. The summed E-state index contributed by atoms with van der Waals surface area (Å²) in [7, 11) is 0. The van der Waals surface area contributed by atoms with Crippen molar-refractivity contribution in [3.8, 4) is 5.88 Å². The van der Waals surface area contributed by atoms with Crippen molar-refractivity contribution >= 4 is 5.82 Å². The second-order valence-corrected chi connectivity index (χ2v) is 5.17. The summed E-state index contributed by atoms with van der Waals surface area (Å²) in [6.45, 7) is 4.77. The number of nitrogens with one attached hydrogen (secondary N) is 1. The van der Waals surface area contributed by atoms with Crippen LogP contribution in [0.2, 0.25) is 0 Å². The van der Waals surface area contributed by atoms with Crippen molar-refractivity contribution in [1.29, 1.82) is 0 Å². The van der Waals surface area contributed by atoms with Crippen LogP contribution in [0, 0.1) is 0 Å². The molecule has 19 heavy (non-hydrogen) atoms. The molecule has 1 fully saturated rings. The topological polar surface area (TPSA) is 47.0 Å². The molecular formula is C15H25N3O. The SMILES string of the molecule is CCCc1nc(NC2CCCCC2)cc(OCC)n1. The van der Waals surface area contributed by atoms with Gasteiger partial charge in [-0.2, -0.15) is 4.98 Å². The lowest BCUT2D eigenvalue weighted by molar-refractivity contribution is 0.325. The highest BCUT2D eigenvalue weighted by Gasteiger charge is 2.14. The molecule has 106 valence electrons. The monoisotopic (exact) mass is 263 g/mol. The molecule has 0 amide bonds. The fraction of sp³-hybridized carbons (Fsp3) is 0.733. The number of nitrogens with zero attached hydrogens (tertiary/aromatic N) is 2. The van der Waals surface area contributed by atoms with Crippen LogP contribution >= 0.6 is 0 Å². The minimum Gasteiger partial charge on any atom is -0.478 e. The highest BCUT2D eigenvalue weighted by Crippen LogP contribution is 2.22. The van der Waals surface area contributed by atoms with E-state index in [2.05, 4.69) is 22.2 Å². The first kappa shape index (κ1) is 14.1. The number of aromatic nitrogens is 2. The van der Waals surface area contributed by atoms with Gasteiger partial charge in [-0.1, -0.05) is 26.2 Å². The molecule has 1 saturated carbocycles. The van der Waals surface area contributed by atoms with E-state index in [1.807, 2.05) is 13.0 Å². The molecule has 0 spiro atoms. The molecule has 0 atom stereocenters. The van der Waals surface area contributed by atoms with E-state index in [-0.39, 0.29) is 0 Å². The van der Waals surface area contributed by atoms with Gasteiger partial charge in [0, 0.05) is 18.5 Å². The van der Waals surface area contributed by atoms with Crippen molar-refractivity contribution < 1.29 is 4.74 Å². The fourth-order valence-electron chi connectivity index (χ4n) is 2.56. The number of anilines is 1. The van der Waals surface area contributed by atoms with Gasteiger partial charge < -0.3 is 10.1 Å². The zero-order valence-corrected chi connectivity index (χ0v) is 12.1. The second kappa shape index (κ2) is 7.31. The molecule has 1 aliphatic carbocycles. The van der Waals surface area contributed by atoms with Crippen LogP contribution < -0.4 is 10.1 Å². The van der Waals surface area contributed by atoms with Crippen molar-refractivity contribution in [1.82, 2.24) is 9.97 Å². The predicted molar refractivity (Wildman–Crippen MR) is 77.7 cm³/mol. The van der Waals surface area contributed by atoms with Crippen LogP contribution in [0.5, 0.6) is 5.88 Å². The maximum absolute atomic E-state index is 5.53. The third-order valence-corrected chi connectivity index (χ3v) is 3.47. The molecule has 1 aliphatic rings. The molecule has 1 aromatic rings. The van der Waals surface area contributed by atoms with Gasteiger partial charge in [-0.05, 0) is 26.2 Å². The smallest absolute Gasteiger partial charge is 0.218 e. The quantitative estimate of drug-likeness (QED) is 0.852. The van der Waals surface area contributed by atoms with Gasteiger partial charge >= 0.3 is 0 Å². The number of hydrogen-bond donors (Lipinski definition) is 1. The molecule has 1 aromatic heterocycles. The summed E-state index contributed by atoms with van der Waals surface area (Å²) in [4.78, 5) is 9.03. The zero-order valence-electron chi connectivity index (χ0n) is 12.1. The first-order valence-corrected chi connectivity index (χ1v) is 7.59. The van der Waals surface area contributed by atoms with Crippen molar-refractivity contribution in [3.63, 3.8) is 0 Å². The summed E-state index contributed by atoms with van der Waals surface area (Å²) < 4.78 is 5.53. The van der Waals surface area contributed by atoms with Gasteiger partial charge in [0.1, 0.15) is 11.6 Å². The number of hydrogen-bond acceptors (Lipinski definition) is 4. The molecule has 1 heterocycles. The standard InChI is InChI=1S/C15H25N3O/c1-3-8-13-17-14(11-15(18-13)19-4-2)16-12-9-6-5-7-10-12/h11-12H,3-10H2,1-2H3,(H,16,17,18). The third kappa shape index (κ3) is 4.37. The van der Waals surface area contributed by atoms with E-state index in [9.17, 15) is 0 Å². The third-order valence-electron chi connectivity index (χ3n) is 3.47.